The van der Waals surface area contributed by atoms with Gasteiger partial charge in [-0.15, -0.1) is 0 Å². The maximum absolute atomic E-state index is 15.4. The number of hydrogen-bond acceptors (Lipinski definition) is 6. The Morgan fingerprint density at radius 3 is 2.31 bits per heavy atom. The highest BCUT2D eigenvalue weighted by molar-refractivity contribution is 5.98. The van der Waals surface area contributed by atoms with Crippen molar-refractivity contribution in [3.05, 3.63) is 83.7 Å². The summed E-state index contributed by atoms with van der Waals surface area (Å²) in [5.74, 6) is -1.58. The number of benzene rings is 3. The molecule has 0 saturated heterocycles. The number of fused-ring (bicyclic) bond motifs is 3. The van der Waals surface area contributed by atoms with Crippen LogP contribution in [0.5, 0.6) is 11.5 Å². The zero-order valence-corrected chi connectivity index (χ0v) is 29.8. The second kappa shape index (κ2) is 14.3. The lowest BCUT2D eigenvalue weighted by molar-refractivity contribution is -0.159. The molecule has 0 unspecified atom stereocenters. The van der Waals surface area contributed by atoms with Gasteiger partial charge >= 0.3 is 5.97 Å². The lowest BCUT2D eigenvalue weighted by Crippen LogP contribution is -2.57. The van der Waals surface area contributed by atoms with E-state index in [2.05, 4.69) is 29.7 Å². The van der Waals surface area contributed by atoms with Gasteiger partial charge in [0.25, 0.3) is 5.91 Å². The molecule has 2 N–H and O–H groups in total. The molecule has 3 aromatic carbocycles. The number of rotatable bonds is 11. The van der Waals surface area contributed by atoms with Crippen molar-refractivity contribution in [1.29, 1.82) is 0 Å². The van der Waals surface area contributed by atoms with Gasteiger partial charge in [0.2, 0.25) is 5.91 Å². The van der Waals surface area contributed by atoms with Gasteiger partial charge in [0.1, 0.15) is 12.4 Å². The number of esters is 1. The summed E-state index contributed by atoms with van der Waals surface area (Å²) < 4.78 is 32.8. The van der Waals surface area contributed by atoms with E-state index in [0.717, 1.165) is 42.0 Å². The lowest BCUT2D eigenvalue weighted by atomic mass is 9.65. The molecular formula is C42H49FN2O6. The van der Waals surface area contributed by atoms with Crippen LogP contribution >= 0.6 is 0 Å². The van der Waals surface area contributed by atoms with E-state index in [4.69, 9.17) is 14.2 Å². The molecule has 0 aromatic heterocycles. The smallest absolute Gasteiger partial charge is 0.312 e. The van der Waals surface area contributed by atoms with Gasteiger partial charge in [-0.25, -0.2) is 4.39 Å². The third-order valence-electron chi connectivity index (χ3n) is 12.2. The molecule has 0 heterocycles. The molecule has 5 aliphatic rings. The van der Waals surface area contributed by atoms with Crippen molar-refractivity contribution in [1.82, 2.24) is 10.6 Å². The first-order chi connectivity index (χ1) is 24.6. The number of ether oxygens (including phenoxy) is 3. The van der Waals surface area contributed by atoms with Crippen molar-refractivity contribution in [3.63, 3.8) is 0 Å². The normalized spacial score (nSPS) is 27.6. The molecule has 4 atom stereocenters. The average Bonchev–Trinajstić information content (AvgIpc) is 3.14. The van der Waals surface area contributed by atoms with Gasteiger partial charge in [-0.2, -0.15) is 0 Å². The Hall–Kier alpha value is -4.40. The Labute approximate surface area is 299 Å². The van der Waals surface area contributed by atoms with E-state index >= 15 is 4.39 Å². The second-order valence-corrected chi connectivity index (χ2v) is 15.8. The molecule has 3 aromatic rings. The summed E-state index contributed by atoms with van der Waals surface area (Å²) in [5, 5.41) is 8.50. The average molecular weight is 697 g/mol. The molecule has 2 bridgehead atoms. The molecule has 0 aliphatic heterocycles. The van der Waals surface area contributed by atoms with Gasteiger partial charge in [0, 0.05) is 18.7 Å². The zero-order chi connectivity index (χ0) is 35.8. The van der Waals surface area contributed by atoms with Crippen molar-refractivity contribution in [2.75, 3.05) is 13.7 Å². The van der Waals surface area contributed by atoms with Crippen molar-refractivity contribution in [2.24, 2.45) is 28.6 Å². The molecule has 2 amide bonds. The number of allylic oxidation sites excluding steroid dienone is 1. The third kappa shape index (κ3) is 7.22. The Balaban J connectivity index is 0.988. The Kier molecular flexibility index (Phi) is 9.83. The fraction of sp³-hybridized carbons (Fsp3) is 0.500. The van der Waals surface area contributed by atoms with Crippen molar-refractivity contribution < 1.29 is 33.0 Å². The fourth-order valence-corrected chi connectivity index (χ4v) is 8.59. The third-order valence-corrected chi connectivity index (χ3v) is 12.2. The van der Waals surface area contributed by atoms with Crippen LogP contribution < -0.4 is 20.1 Å². The number of carbonyl (C=O) groups excluding carboxylic acids is 3. The lowest BCUT2D eigenvalue weighted by Gasteiger charge is -2.45. The first-order valence-electron chi connectivity index (χ1n) is 18.5. The van der Waals surface area contributed by atoms with Crippen molar-refractivity contribution in [3.8, 4) is 11.5 Å². The fourth-order valence-electron chi connectivity index (χ4n) is 8.59. The molecule has 9 heteroatoms. The monoisotopic (exact) mass is 696 g/mol. The van der Waals surface area contributed by atoms with Crippen molar-refractivity contribution >= 4 is 28.6 Å². The van der Waals surface area contributed by atoms with Gasteiger partial charge in [-0.1, -0.05) is 68.0 Å². The van der Waals surface area contributed by atoms with E-state index in [1.165, 1.54) is 25.7 Å². The molecule has 0 spiro atoms. The van der Waals surface area contributed by atoms with E-state index in [0.29, 0.717) is 32.2 Å². The molecule has 51 heavy (non-hydrogen) atoms. The summed E-state index contributed by atoms with van der Waals surface area (Å²) in [7, 11) is 1.40. The predicted octanol–water partition coefficient (Wildman–Crippen LogP) is 7.68. The highest BCUT2D eigenvalue weighted by Gasteiger charge is 2.46. The van der Waals surface area contributed by atoms with Gasteiger partial charge in [0.15, 0.2) is 11.6 Å². The SMILES string of the molecule is COc1cc(F)c(OC2CCC(C)(C(=O)OCc3cccc4ccccc34)CC2)cc1C(=O)N[C@H]1[C@@H](C(=O)NCC2(C)CCC2)[C@@H]2C=C[C@H]1CC2. The molecule has 3 saturated carbocycles. The van der Waals surface area contributed by atoms with Crippen LogP contribution in [0.1, 0.15) is 87.6 Å². The second-order valence-electron chi connectivity index (χ2n) is 15.8. The zero-order valence-electron chi connectivity index (χ0n) is 29.8. The minimum Gasteiger partial charge on any atom is -0.496 e. The van der Waals surface area contributed by atoms with Crippen LogP contribution in [-0.4, -0.2) is 43.6 Å². The van der Waals surface area contributed by atoms with Crippen LogP contribution in [0.15, 0.2) is 66.7 Å². The number of amides is 2. The van der Waals surface area contributed by atoms with E-state index in [1.807, 2.05) is 49.4 Å². The summed E-state index contributed by atoms with van der Waals surface area (Å²) in [4.78, 5) is 40.7. The predicted molar refractivity (Wildman–Crippen MR) is 193 cm³/mol. The molecule has 270 valence electrons. The number of carbonyl (C=O) groups is 3. The van der Waals surface area contributed by atoms with Crippen LogP contribution in [0.2, 0.25) is 0 Å². The Morgan fingerprint density at radius 2 is 1.61 bits per heavy atom. The summed E-state index contributed by atoms with van der Waals surface area (Å²) in [6.07, 6.45) is 11.2. The van der Waals surface area contributed by atoms with Gasteiger partial charge in [-0.3, -0.25) is 14.4 Å². The summed E-state index contributed by atoms with van der Waals surface area (Å²) in [6, 6.07) is 16.2. The summed E-state index contributed by atoms with van der Waals surface area (Å²) in [5.41, 5.74) is 0.577. The minimum atomic E-state index is -0.680. The summed E-state index contributed by atoms with van der Waals surface area (Å²) in [6.45, 7) is 4.96. The first-order valence-corrected chi connectivity index (χ1v) is 18.5. The maximum atomic E-state index is 15.4. The quantitative estimate of drug-likeness (QED) is 0.158. The summed E-state index contributed by atoms with van der Waals surface area (Å²) >= 11 is 0. The van der Waals surface area contributed by atoms with Crippen LogP contribution in [0.4, 0.5) is 4.39 Å². The van der Waals surface area contributed by atoms with Crippen LogP contribution in [-0.2, 0) is 20.9 Å². The molecule has 3 fully saturated rings. The van der Waals surface area contributed by atoms with E-state index in [-0.39, 0.29) is 70.9 Å². The van der Waals surface area contributed by atoms with Crippen molar-refractivity contribution in [2.45, 2.75) is 90.4 Å². The molecule has 8 nitrogen and oxygen atoms in total. The molecule has 0 radical (unpaired) electrons. The number of halogens is 1. The van der Waals surface area contributed by atoms with Gasteiger partial charge < -0.3 is 24.8 Å². The van der Waals surface area contributed by atoms with Crippen LogP contribution in [0.3, 0.4) is 0 Å². The number of hydrogen-bond donors (Lipinski definition) is 2. The Bertz CT molecular complexity index is 1820. The first kappa shape index (κ1) is 35.0. The Morgan fingerprint density at radius 1 is 0.882 bits per heavy atom. The standard InChI is InChI=1S/C42H49FN2O6/c1-41(18-7-19-41)25-44-39(47)36-27-12-14-28(15-13-27)37(36)45-38(46)32-22-35(33(43)23-34(32)49-3)51-30-16-20-42(2,21-17-30)40(48)50-24-29-10-6-9-26-8-4-5-11-31(26)29/h4-6,8-12,14,22-23,27-28,30,36-37H,7,13,15-21,24-25H2,1-3H3,(H,44,47)(H,45,46)/t27-,28+,30?,36+,37-,42?/m1/s1. The van der Waals surface area contributed by atoms with Crippen LogP contribution in [0, 0.1) is 34.4 Å². The number of nitrogens with one attached hydrogen (secondary N) is 2. The van der Waals surface area contributed by atoms with E-state index < -0.39 is 17.1 Å². The van der Waals surface area contributed by atoms with E-state index in [9.17, 15) is 14.4 Å². The maximum Gasteiger partial charge on any atom is 0.312 e. The molecule has 5 aliphatic carbocycles. The molecular weight excluding hydrogens is 647 g/mol. The van der Waals surface area contributed by atoms with Gasteiger partial charge in [-0.05, 0) is 97.9 Å². The highest BCUT2D eigenvalue weighted by atomic mass is 19.1. The minimum absolute atomic E-state index is 0.0238. The topological polar surface area (TPSA) is 103 Å². The largest absolute Gasteiger partial charge is 0.496 e. The number of methoxy groups -OCH3 is 1. The van der Waals surface area contributed by atoms with Gasteiger partial charge in [0.05, 0.1) is 30.1 Å². The van der Waals surface area contributed by atoms with Crippen LogP contribution in [0.25, 0.3) is 10.8 Å². The van der Waals surface area contributed by atoms with E-state index in [1.54, 1.807) is 0 Å². The molecule has 8 rings (SSSR count). The highest BCUT2D eigenvalue weighted by Crippen LogP contribution is 2.43.